The minimum Gasteiger partial charge on any atom is -0.398 e. The number of nitrogens with zero attached hydrogens (tertiary/aromatic N) is 1. The maximum Gasteiger partial charge on any atom is 0.271 e. The first-order chi connectivity index (χ1) is 14.4. The highest BCUT2D eigenvalue weighted by atomic mass is 32.1. The number of benzene rings is 2. The molecule has 0 aromatic heterocycles. The molecule has 6 N–H and O–H groups in total. The largest absolute Gasteiger partial charge is 0.398 e. The minimum atomic E-state index is -0.336. The van der Waals surface area contributed by atoms with Crippen molar-refractivity contribution in [3.63, 3.8) is 0 Å². The lowest BCUT2D eigenvalue weighted by Gasteiger charge is -2.15. The maximum atomic E-state index is 12.8. The summed E-state index contributed by atoms with van der Waals surface area (Å²) in [7, 11) is 3.35. The molecule has 8 heteroatoms. The van der Waals surface area contributed by atoms with Crippen LogP contribution in [0.2, 0.25) is 0 Å². The van der Waals surface area contributed by atoms with Gasteiger partial charge >= 0.3 is 0 Å². The zero-order valence-corrected chi connectivity index (χ0v) is 18.3. The number of amides is 1. The second-order valence-corrected chi connectivity index (χ2v) is 7.03. The average molecular weight is 425 g/mol. The number of rotatable bonds is 9. The molecule has 2 aromatic rings. The molecule has 0 bridgehead atoms. The van der Waals surface area contributed by atoms with Gasteiger partial charge in [-0.2, -0.15) is 0 Å². The van der Waals surface area contributed by atoms with Crippen molar-refractivity contribution in [3.05, 3.63) is 76.7 Å². The van der Waals surface area contributed by atoms with Crippen LogP contribution < -0.4 is 21.7 Å². The number of nitrogens with two attached hydrogens (primary N) is 1. The fraction of sp³-hybridized carbons (Fsp3) is 0.227. The first-order valence-electron chi connectivity index (χ1n) is 9.51. The minimum absolute atomic E-state index is 0.0264. The molecular formula is C22H28N6OS. The zero-order valence-electron chi connectivity index (χ0n) is 17.4. The van der Waals surface area contributed by atoms with Crippen LogP contribution in [-0.4, -0.2) is 31.3 Å². The van der Waals surface area contributed by atoms with Crippen LogP contribution in [0.5, 0.6) is 0 Å². The van der Waals surface area contributed by atoms with Gasteiger partial charge in [0, 0.05) is 44.0 Å². The molecule has 0 radical (unpaired) electrons. The Balaban J connectivity index is 2.24. The van der Waals surface area contributed by atoms with Crippen molar-refractivity contribution in [2.24, 2.45) is 4.99 Å². The summed E-state index contributed by atoms with van der Waals surface area (Å²) >= 11 is 4.56. The van der Waals surface area contributed by atoms with Gasteiger partial charge in [0.05, 0.1) is 5.04 Å². The summed E-state index contributed by atoms with van der Waals surface area (Å²) in [6, 6.07) is 15.2. The molecule has 7 nitrogen and oxygen atoms in total. The number of hydrogen-bond acceptors (Lipinski definition) is 6. The fourth-order valence-electron chi connectivity index (χ4n) is 2.91. The highest BCUT2D eigenvalue weighted by molar-refractivity contribution is 7.97. The smallest absolute Gasteiger partial charge is 0.271 e. The lowest BCUT2D eigenvalue weighted by molar-refractivity contribution is -0.118. The Hall–Kier alpha value is -3.26. The topological polar surface area (TPSA) is 115 Å². The van der Waals surface area contributed by atoms with Crippen LogP contribution in [0.25, 0.3) is 0 Å². The van der Waals surface area contributed by atoms with Crippen molar-refractivity contribution in [1.82, 2.24) is 16.0 Å². The van der Waals surface area contributed by atoms with E-state index in [1.165, 1.54) is 6.21 Å². The standard InChI is InChI=1S/C22H28N6OS/c1-14(15-8-5-4-6-9-15)22(30)28-20(26-3)19(25-2)21(29)27-13-16-10-7-11-18(24)17(16)12-23/h4-12,14,23,25-26H,13,24H2,1-3H3,(H,27,29)(H,28,30)/b20-19-,23-12?. The summed E-state index contributed by atoms with van der Waals surface area (Å²) in [5.41, 5.74) is 9.12. The number of carbonyl (C=O) groups excluding carboxylic acids is 1. The summed E-state index contributed by atoms with van der Waals surface area (Å²) in [5.74, 6) is 0.0154. The predicted molar refractivity (Wildman–Crippen MR) is 127 cm³/mol. The zero-order chi connectivity index (χ0) is 22.1. The Morgan fingerprint density at radius 2 is 1.87 bits per heavy atom. The molecule has 0 aliphatic heterocycles. The Morgan fingerprint density at radius 1 is 1.17 bits per heavy atom. The van der Waals surface area contributed by atoms with E-state index >= 15 is 0 Å². The molecule has 0 aliphatic rings. The second kappa shape index (κ2) is 11.1. The third kappa shape index (κ3) is 5.64. The molecule has 0 spiro atoms. The van der Waals surface area contributed by atoms with Gasteiger partial charge in [-0.25, -0.2) is 4.99 Å². The van der Waals surface area contributed by atoms with Crippen LogP contribution >= 0.6 is 12.6 Å². The lowest BCUT2D eigenvalue weighted by atomic mass is 10.0. The molecule has 1 amide bonds. The number of anilines is 1. The number of likely N-dealkylation sites (N-methyl/N-ethyl adjacent to an activating group) is 1. The predicted octanol–water partition coefficient (Wildman–Crippen LogP) is 2.62. The van der Waals surface area contributed by atoms with Gasteiger partial charge in [-0.3, -0.25) is 4.79 Å². The van der Waals surface area contributed by atoms with Crippen molar-refractivity contribution >= 4 is 35.5 Å². The molecule has 0 heterocycles. The second-order valence-electron chi connectivity index (χ2n) is 6.57. The van der Waals surface area contributed by atoms with E-state index in [0.717, 1.165) is 11.1 Å². The Labute approximate surface area is 182 Å². The third-order valence-corrected chi connectivity index (χ3v) is 5.17. The van der Waals surface area contributed by atoms with Crippen LogP contribution in [0.4, 0.5) is 5.69 Å². The van der Waals surface area contributed by atoms with Gasteiger partial charge in [0.15, 0.2) is 5.82 Å². The van der Waals surface area contributed by atoms with Gasteiger partial charge in [-0.1, -0.05) is 49.4 Å². The first-order valence-corrected chi connectivity index (χ1v) is 9.95. The molecule has 30 heavy (non-hydrogen) atoms. The van der Waals surface area contributed by atoms with E-state index in [9.17, 15) is 4.79 Å². The quantitative estimate of drug-likeness (QED) is 0.122. The van der Waals surface area contributed by atoms with Crippen LogP contribution in [0.1, 0.15) is 29.5 Å². The molecule has 158 valence electrons. The first kappa shape index (κ1) is 23.0. The van der Waals surface area contributed by atoms with E-state index in [2.05, 4.69) is 33.6 Å². The summed E-state index contributed by atoms with van der Waals surface area (Å²) < 4.78 is 0. The molecule has 0 saturated carbocycles. The highest BCUT2D eigenvalue weighted by Gasteiger charge is 2.16. The number of hydrogen-bond donors (Lipinski definition) is 6. The summed E-state index contributed by atoms with van der Waals surface area (Å²) in [4.78, 5) is 17.3. The van der Waals surface area contributed by atoms with Crippen LogP contribution in [0, 0.1) is 5.41 Å². The molecule has 0 aliphatic carbocycles. The molecule has 2 rings (SSSR count). The van der Waals surface area contributed by atoms with Crippen molar-refractivity contribution in [2.45, 2.75) is 19.4 Å². The number of carbonyl (C=O) groups is 1. The number of aliphatic imine (C=N–C) groups is 1. The van der Waals surface area contributed by atoms with E-state index in [1.807, 2.05) is 43.3 Å². The average Bonchev–Trinajstić information content (AvgIpc) is 2.77. The fourth-order valence-corrected chi connectivity index (χ4v) is 3.15. The van der Waals surface area contributed by atoms with Crippen molar-refractivity contribution in [1.29, 1.82) is 5.41 Å². The highest BCUT2D eigenvalue weighted by Crippen LogP contribution is 2.20. The van der Waals surface area contributed by atoms with Gasteiger partial charge in [0.2, 0.25) is 0 Å². The summed E-state index contributed by atoms with van der Waals surface area (Å²) in [6.07, 6.45) is 1.19. The normalized spacial score (nSPS) is 13.1. The molecule has 0 fully saturated rings. The van der Waals surface area contributed by atoms with E-state index in [0.29, 0.717) is 22.1 Å². The lowest BCUT2D eigenvalue weighted by Crippen LogP contribution is -2.33. The van der Waals surface area contributed by atoms with Crippen molar-refractivity contribution in [2.75, 3.05) is 19.8 Å². The molecule has 0 saturated heterocycles. The van der Waals surface area contributed by atoms with Crippen molar-refractivity contribution < 1.29 is 4.79 Å². The molecule has 1 atom stereocenters. The van der Waals surface area contributed by atoms with Gasteiger partial charge in [-0.05, 0) is 17.2 Å². The Kier molecular flexibility index (Phi) is 8.49. The SMILES string of the molecule is CNC(/N=C(\S)C(C)c1ccccc1)=C(/NC)C(=O)NCc1cccc(N)c1C=N. The van der Waals surface area contributed by atoms with Gasteiger partial charge < -0.3 is 27.1 Å². The van der Waals surface area contributed by atoms with Gasteiger partial charge in [0.25, 0.3) is 5.91 Å². The van der Waals surface area contributed by atoms with Gasteiger partial charge in [-0.15, -0.1) is 12.6 Å². The van der Waals surface area contributed by atoms with E-state index in [4.69, 9.17) is 11.1 Å². The van der Waals surface area contributed by atoms with Crippen LogP contribution in [-0.2, 0) is 11.3 Å². The number of nitrogens with one attached hydrogen (secondary N) is 4. The Bertz CT molecular complexity index is 955. The Morgan fingerprint density at radius 3 is 2.47 bits per heavy atom. The van der Waals surface area contributed by atoms with E-state index in [-0.39, 0.29) is 24.1 Å². The molecule has 2 aromatic carbocycles. The summed E-state index contributed by atoms with van der Waals surface area (Å²) in [6.45, 7) is 2.24. The maximum absolute atomic E-state index is 12.8. The number of thiol groups is 1. The summed E-state index contributed by atoms with van der Waals surface area (Å²) in [5, 5.41) is 16.8. The molecular weight excluding hydrogens is 396 g/mol. The molecule has 1 unspecified atom stereocenters. The van der Waals surface area contributed by atoms with Crippen molar-refractivity contribution in [3.8, 4) is 0 Å². The monoisotopic (exact) mass is 424 g/mol. The van der Waals surface area contributed by atoms with E-state index in [1.54, 1.807) is 26.2 Å². The van der Waals surface area contributed by atoms with Crippen LogP contribution in [0.15, 0.2) is 65.0 Å². The third-order valence-electron chi connectivity index (χ3n) is 4.68. The van der Waals surface area contributed by atoms with Gasteiger partial charge in [0.1, 0.15) is 5.70 Å². The van der Waals surface area contributed by atoms with Crippen LogP contribution in [0.3, 0.4) is 0 Å². The van der Waals surface area contributed by atoms with E-state index < -0.39 is 0 Å². The number of nitrogen functional groups attached to an aromatic ring is 1.